The highest BCUT2D eigenvalue weighted by Gasteiger charge is 2.09. The third-order valence-corrected chi connectivity index (χ3v) is 3.76. The summed E-state index contributed by atoms with van der Waals surface area (Å²) in [5.74, 6) is 1.49. The van der Waals surface area contributed by atoms with E-state index in [1.165, 1.54) is 0 Å². The summed E-state index contributed by atoms with van der Waals surface area (Å²) in [4.78, 5) is 0. The lowest BCUT2D eigenvalue weighted by Gasteiger charge is -2.12. The van der Waals surface area contributed by atoms with Crippen LogP contribution >= 0.6 is 0 Å². The van der Waals surface area contributed by atoms with E-state index in [-0.39, 0.29) is 0 Å². The molecule has 0 radical (unpaired) electrons. The zero-order chi connectivity index (χ0) is 16.2. The molecule has 4 rings (SSSR count). The van der Waals surface area contributed by atoms with Crippen LogP contribution in [-0.2, 0) is 0 Å². The first-order valence-electron chi connectivity index (χ1n) is 7.80. The lowest BCUT2D eigenvalue weighted by molar-refractivity contribution is 1.06. The van der Waals surface area contributed by atoms with E-state index in [1.807, 2.05) is 84.9 Å². The topological polar surface area (TPSA) is 49.8 Å². The van der Waals surface area contributed by atoms with Crippen LogP contribution in [0.1, 0.15) is 0 Å². The fourth-order valence-electron chi connectivity index (χ4n) is 2.60. The molecule has 0 fully saturated rings. The normalized spacial score (nSPS) is 10.5. The largest absolute Gasteiger partial charge is 0.338 e. The Morgan fingerprint density at radius 3 is 1.25 bits per heavy atom. The Bertz CT molecular complexity index is 873. The van der Waals surface area contributed by atoms with Crippen molar-refractivity contribution in [2.24, 2.45) is 0 Å². The van der Waals surface area contributed by atoms with Crippen LogP contribution in [0.4, 0.5) is 23.0 Å². The fourth-order valence-corrected chi connectivity index (χ4v) is 2.60. The smallest absolute Gasteiger partial charge is 0.161 e. The summed E-state index contributed by atoms with van der Waals surface area (Å²) in [6.07, 6.45) is 0. The van der Waals surface area contributed by atoms with Gasteiger partial charge in [-0.3, -0.25) is 0 Å². The van der Waals surface area contributed by atoms with E-state index in [9.17, 15) is 0 Å². The molecule has 0 unspecified atom stereocenters. The van der Waals surface area contributed by atoms with E-state index in [4.69, 9.17) is 0 Å². The van der Waals surface area contributed by atoms with E-state index < -0.39 is 0 Å². The summed E-state index contributed by atoms with van der Waals surface area (Å²) >= 11 is 0. The lowest BCUT2D eigenvalue weighted by atomic mass is 10.1. The van der Waals surface area contributed by atoms with E-state index >= 15 is 0 Å². The average molecular weight is 312 g/mol. The standard InChI is InChI=1S/C20H16N4/c1-3-9-15(10-4-1)21-19-17-13-7-8-14-18(17)20(24-23-19)22-16-11-5-2-6-12-16/h1-14H,(H,21,23)(H,22,24). The lowest BCUT2D eigenvalue weighted by Crippen LogP contribution is -2.01. The highest BCUT2D eigenvalue weighted by Crippen LogP contribution is 2.29. The number of para-hydroxylation sites is 2. The molecule has 0 saturated heterocycles. The van der Waals surface area contributed by atoms with Crippen LogP contribution in [0, 0.1) is 0 Å². The molecule has 4 aromatic rings. The van der Waals surface area contributed by atoms with Crippen LogP contribution in [0.15, 0.2) is 84.9 Å². The van der Waals surface area contributed by atoms with Crippen molar-refractivity contribution in [1.82, 2.24) is 10.2 Å². The molecule has 0 atom stereocenters. The van der Waals surface area contributed by atoms with Crippen molar-refractivity contribution in [2.75, 3.05) is 10.6 Å². The number of anilines is 4. The number of hydrogen-bond donors (Lipinski definition) is 2. The van der Waals surface area contributed by atoms with Gasteiger partial charge in [0.1, 0.15) is 0 Å². The van der Waals surface area contributed by atoms with Gasteiger partial charge < -0.3 is 10.6 Å². The summed E-state index contributed by atoms with van der Waals surface area (Å²) in [5.41, 5.74) is 1.97. The molecular weight excluding hydrogens is 296 g/mol. The molecule has 116 valence electrons. The molecule has 0 aliphatic carbocycles. The zero-order valence-corrected chi connectivity index (χ0v) is 13.0. The SMILES string of the molecule is c1ccc(Nc2nnc(Nc3ccccc3)c3ccccc23)cc1. The molecule has 0 bridgehead atoms. The molecule has 0 spiro atoms. The number of benzene rings is 3. The predicted octanol–water partition coefficient (Wildman–Crippen LogP) is 5.12. The van der Waals surface area contributed by atoms with E-state index in [0.29, 0.717) is 0 Å². The van der Waals surface area contributed by atoms with Crippen LogP contribution in [0.3, 0.4) is 0 Å². The minimum Gasteiger partial charge on any atom is -0.338 e. The Labute approximate surface area is 140 Å². The maximum Gasteiger partial charge on any atom is 0.161 e. The van der Waals surface area contributed by atoms with Gasteiger partial charge in [0, 0.05) is 22.1 Å². The van der Waals surface area contributed by atoms with Crippen molar-refractivity contribution in [3.63, 3.8) is 0 Å². The van der Waals surface area contributed by atoms with Crippen LogP contribution in [0.25, 0.3) is 10.8 Å². The van der Waals surface area contributed by atoms with Crippen molar-refractivity contribution < 1.29 is 0 Å². The highest BCUT2D eigenvalue weighted by atomic mass is 15.2. The number of aromatic nitrogens is 2. The number of hydrogen-bond acceptors (Lipinski definition) is 4. The van der Waals surface area contributed by atoms with Gasteiger partial charge in [0.05, 0.1) is 0 Å². The molecule has 1 aromatic heterocycles. The maximum atomic E-state index is 4.37. The van der Waals surface area contributed by atoms with Crippen LogP contribution in [0.5, 0.6) is 0 Å². The van der Waals surface area contributed by atoms with Gasteiger partial charge in [-0.2, -0.15) is 0 Å². The third-order valence-electron chi connectivity index (χ3n) is 3.76. The molecule has 0 aliphatic heterocycles. The van der Waals surface area contributed by atoms with E-state index in [0.717, 1.165) is 33.8 Å². The first-order valence-corrected chi connectivity index (χ1v) is 7.80. The van der Waals surface area contributed by atoms with Gasteiger partial charge in [0.15, 0.2) is 11.6 Å². The van der Waals surface area contributed by atoms with Crippen LogP contribution < -0.4 is 10.6 Å². The highest BCUT2D eigenvalue weighted by molar-refractivity contribution is 6.00. The van der Waals surface area contributed by atoms with Crippen molar-refractivity contribution in [3.05, 3.63) is 84.9 Å². The molecule has 3 aromatic carbocycles. The van der Waals surface area contributed by atoms with Crippen molar-refractivity contribution in [2.45, 2.75) is 0 Å². The summed E-state index contributed by atoms with van der Waals surface area (Å²) in [6, 6.07) is 28.1. The zero-order valence-electron chi connectivity index (χ0n) is 13.0. The van der Waals surface area contributed by atoms with Crippen molar-refractivity contribution in [1.29, 1.82) is 0 Å². The van der Waals surface area contributed by atoms with Crippen molar-refractivity contribution >= 4 is 33.8 Å². The molecule has 4 nitrogen and oxygen atoms in total. The Hall–Kier alpha value is -3.40. The van der Waals surface area contributed by atoms with Gasteiger partial charge in [0.2, 0.25) is 0 Å². The summed E-state index contributed by atoms with van der Waals surface area (Å²) in [5, 5.41) is 17.5. The Morgan fingerprint density at radius 1 is 0.458 bits per heavy atom. The number of nitrogens with one attached hydrogen (secondary N) is 2. The van der Waals surface area contributed by atoms with Gasteiger partial charge in [0.25, 0.3) is 0 Å². The van der Waals surface area contributed by atoms with E-state index in [2.05, 4.69) is 20.8 Å². The summed E-state index contributed by atoms with van der Waals surface area (Å²) in [7, 11) is 0. The molecule has 0 aliphatic rings. The van der Waals surface area contributed by atoms with E-state index in [1.54, 1.807) is 0 Å². The van der Waals surface area contributed by atoms with Gasteiger partial charge >= 0.3 is 0 Å². The fraction of sp³-hybridized carbons (Fsp3) is 0. The predicted molar refractivity (Wildman–Crippen MR) is 99.0 cm³/mol. The Kier molecular flexibility index (Phi) is 3.78. The van der Waals surface area contributed by atoms with Crippen LogP contribution in [-0.4, -0.2) is 10.2 Å². The molecule has 0 saturated carbocycles. The maximum absolute atomic E-state index is 4.37. The minimum atomic E-state index is 0.746. The number of nitrogens with zero attached hydrogens (tertiary/aromatic N) is 2. The minimum absolute atomic E-state index is 0.746. The molecule has 2 N–H and O–H groups in total. The van der Waals surface area contributed by atoms with Gasteiger partial charge in [-0.1, -0.05) is 60.7 Å². The molecule has 24 heavy (non-hydrogen) atoms. The monoisotopic (exact) mass is 312 g/mol. The Balaban J connectivity index is 1.74. The third kappa shape index (κ3) is 2.90. The first-order chi connectivity index (χ1) is 11.9. The molecule has 4 heteroatoms. The number of fused-ring (bicyclic) bond motifs is 1. The average Bonchev–Trinajstić information content (AvgIpc) is 2.65. The quantitative estimate of drug-likeness (QED) is 0.549. The number of rotatable bonds is 4. The second-order valence-corrected chi connectivity index (χ2v) is 5.42. The Morgan fingerprint density at radius 2 is 0.833 bits per heavy atom. The van der Waals surface area contributed by atoms with Gasteiger partial charge in [-0.05, 0) is 24.3 Å². The second-order valence-electron chi connectivity index (χ2n) is 5.42. The van der Waals surface area contributed by atoms with Crippen molar-refractivity contribution in [3.8, 4) is 0 Å². The van der Waals surface area contributed by atoms with Crippen LogP contribution in [0.2, 0.25) is 0 Å². The second kappa shape index (κ2) is 6.38. The van der Waals surface area contributed by atoms with Gasteiger partial charge in [-0.25, -0.2) is 0 Å². The summed E-state index contributed by atoms with van der Waals surface area (Å²) < 4.78 is 0. The molecule has 0 amide bonds. The molecule has 1 heterocycles. The molecular formula is C20H16N4. The van der Waals surface area contributed by atoms with Gasteiger partial charge in [-0.15, -0.1) is 10.2 Å². The first kappa shape index (κ1) is 14.2. The summed E-state index contributed by atoms with van der Waals surface area (Å²) in [6.45, 7) is 0.